The van der Waals surface area contributed by atoms with Gasteiger partial charge in [0.2, 0.25) is 0 Å². The third-order valence-electron chi connectivity index (χ3n) is 1.86. The van der Waals surface area contributed by atoms with Crippen molar-refractivity contribution in [1.29, 1.82) is 0 Å². The fourth-order valence-corrected chi connectivity index (χ4v) is 0.983. The Morgan fingerprint density at radius 1 is 1.38 bits per heavy atom. The first-order valence-electron chi connectivity index (χ1n) is 4.88. The van der Waals surface area contributed by atoms with Gasteiger partial charge in [-0.2, -0.15) is 0 Å². The molecule has 0 radical (unpaired) electrons. The molecule has 0 fully saturated rings. The number of methoxy groups -OCH3 is 1. The molecule has 0 aromatic heterocycles. The molecule has 3 heteroatoms. The predicted octanol–water partition coefficient (Wildman–Crippen LogP) is 2.00. The molecule has 0 rings (SSSR count). The zero-order valence-electron chi connectivity index (χ0n) is 8.84. The van der Waals surface area contributed by atoms with Crippen molar-refractivity contribution in [1.82, 2.24) is 0 Å². The van der Waals surface area contributed by atoms with Crippen LogP contribution in [0.4, 0.5) is 0 Å². The van der Waals surface area contributed by atoms with Crippen molar-refractivity contribution in [3.63, 3.8) is 0 Å². The zero-order valence-corrected chi connectivity index (χ0v) is 8.84. The van der Waals surface area contributed by atoms with Crippen LogP contribution in [0.25, 0.3) is 0 Å². The topological polar surface area (TPSA) is 35.5 Å². The molecule has 0 amide bonds. The normalized spacial score (nSPS) is 12.5. The summed E-state index contributed by atoms with van der Waals surface area (Å²) in [5.74, 6) is -0.345. The highest BCUT2D eigenvalue weighted by molar-refractivity contribution is 5.71. The van der Waals surface area contributed by atoms with Gasteiger partial charge in [0.15, 0.2) is 0 Å². The smallest absolute Gasteiger partial charge is 0.310 e. The number of rotatable bonds is 7. The van der Waals surface area contributed by atoms with E-state index in [-0.39, 0.29) is 11.9 Å². The lowest BCUT2D eigenvalue weighted by Gasteiger charge is -2.09. The van der Waals surface area contributed by atoms with Gasteiger partial charge < -0.3 is 9.47 Å². The largest absolute Gasteiger partial charge is 0.469 e. The Kier molecular flexibility index (Phi) is 7.69. The minimum atomic E-state index is -0.199. The van der Waals surface area contributed by atoms with Gasteiger partial charge in [0.1, 0.15) is 0 Å². The monoisotopic (exact) mass is 188 g/mol. The van der Waals surface area contributed by atoms with Gasteiger partial charge in [-0.1, -0.05) is 19.8 Å². The van der Waals surface area contributed by atoms with Crippen LogP contribution in [-0.2, 0) is 14.3 Å². The Balaban J connectivity index is 3.26. The third kappa shape index (κ3) is 6.58. The lowest BCUT2D eigenvalue weighted by molar-refractivity contribution is -0.146. The van der Waals surface area contributed by atoms with E-state index in [1.165, 1.54) is 20.0 Å². The minimum Gasteiger partial charge on any atom is -0.469 e. The van der Waals surface area contributed by atoms with Gasteiger partial charge in [0.05, 0.1) is 19.6 Å². The molecule has 0 N–H and O–H groups in total. The van der Waals surface area contributed by atoms with Crippen LogP contribution in [0.2, 0.25) is 0 Å². The predicted molar refractivity (Wildman–Crippen MR) is 51.5 cm³/mol. The average molecular weight is 188 g/mol. The highest BCUT2D eigenvalue weighted by Gasteiger charge is 2.12. The first kappa shape index (κ1) is 12.4. The Hall–Kier alpha value is -0.570. The Bertz CT molecular complexity index is 134. The molecule has 0 saturated heterocycles. The molecule has 0 aliphatic rings. The van der Waals surface area contributed by atoms with Crippen molar-refractivity contribution >= 4 is 5.97 Å². The second-order valence-corrected chi connectivity index (χ2v) is 3.21. The Labute approximate surface area is 80.4 Å². The van der Waals surface area contributed by atoms with Crippen LogP contribution in [0.3, 0.4) is 0 Å². The van der Waals surface area contributed by atoms with Crippen molar-refractivity contribution < 1.29 is 14.3 Å². The quantitative estimate of drug-likeness (QED) is 0.453. The van der Waals surface area contributed by atoms with Gasteiger partial charge in [-0.3, -0.25) is 4.79 Å². The van der Waals surface area contributed by atoms with Gasteiger partial charge in [-0.15, -0.1) is 0 Å². The van der Waals surface area contributed by atoms with Crippen molar-refractivity contribution in [3.05, 3.63) is 0 Å². The van der Waals surface area contributed by atoms with Crippen LogP contribution in [0.1, 0.15) is 33.1 Å². The molecule has 1 unspecified atom stereocenters. The summed E-state index contributed by atoms with van der Waals surface area (Å²) in [7, 11) is 1.40. The number of carbonyl (C=O) groups excluding carboxylic acids is 1. The molecule has 0 bridgehead atoms. The summed E-state index contributed by atoms with van der Waals surface area (Å²) in [6.07, 6.45) is 3.45. The van der Waals surface area contributed by atoms with E-state index >= 15 is 0 Å². The van der Waals surface area contributed by atoms with Crippen LogP contribution in [0.15, 0.2) is 0 Å². The number of hydrogen-bond donors (Lipinski definition) is 0. The summed E-state index contributed by atoms with van der Waals surface area (Å²) in [5, 5.41) is 0. The number of carbonyl (C=O) groups is 1. The van der Waals surface area contributed by atoms with Gasteiger partial charge in [0.25, 0.3) is 0 Å². The standard InChI is InChI=1S/C10H20O3/c1-4-5-6-7-13-8-9(2)10(11)12-3/h9H,4-8H2,1-3H3. The van der Waals surface area contributed by atoms with Gasteiger partial charge in [0, 0.05) is 6.61 Å². The third-order valence-corrected chi connectivity index (χ3v) is 1.86. The Morgan fingerprint density at radius 3 is 2.62 bits per heavy atom. The summed E-state index contributed by atoms with van der Waals surface area (Å²) in [4.78, 5) is 10.9. The minimum absolute atomic E-state index is 0.147. The van der Waals surface area contributed by atoms with E-state index in [4.69, 9.17) is 4.74 Å². The van der Waals surface area contributed by atoms with Crippen molar-refractivity contribution in [2.45, 2.75) is 33.1 Å². The fourth-order valence-electron chi connectivity index (χ4n) is 0.983. The second kappa shape index (κ2) is 8.05. The molecule has 0 spiro atoms. The molecular weight excluding hydrogens is 168 g/mol. The van der Waals surface area contributed by atoms with E-state index in [0.29, 0.717) is 6.61 Å². The summed E-state index contributed by atoms with van der Waals surface area (Å²) in [6, 6.07) is 0. The summed E-state index contributed by atoms with van der Waals surface area (Å²) in [6.45, 7) is 5.17. The Morgan fingerprint density at radius 2 is 2.08 bits per heavy atom. The maximum Gasteiger partial charge on any atom is 0.310 e. The molecule has 0 aliphatic heterocycles. The van der Waals surface area contributed by atoms with Crippen LogP contribution in [-0.4, -0.2) is 26.3 Å². The van der Waals surface area contributed by atoms with E-state index in [2.05, 4.69) is 11.7 Å². The van der Waals surface area contributed by atoms with Gasteiger partial charge in [-0.25, -0.2) is 0 Å². The zero-order chi connectivity index (χ0) is 10.1. The summed E-state index contributed by atoms with van der Waals surface area (Å²) < 4.78 is 9.89. The average Bonchev–Trinajstić information content (AvgIpc) is 2.16. The highest BCUT2D eigenvalue weighted by atomic mass is 16.5. The molecule has 0 aliphatic carbocycles. The second-order valence-electron chi connectivity index (χ2n) is 3.21. The first-order chi connectivity index (χ1) is 6.22. The van der Waals surface area contributed by atoms with Crippen LogP contribution >= 0.6 is 0 Å². The molecule has 3 nitrogen and oxygen atoms in total. The van der Waals surface area contributed by atoms with Crippen LogP contribution in [0, 0.1) is 5.92 Å². The molecule has 0 aromatic carbocycles. The molecule has 0 aromatic rings. The van der Waals surface area contributed by atoms with E-state index < -0.39 is 0 Å². The lowest BCUT2D eigenvalue weighted by Crippen LogP contribution is -2.18. The maximum absolute atomic E-state index is 10.9. The van der Waals surface area contributed by atoms with E-state index in [1.54, 1.807) is 0 Å². The number of unbranched alkanes of at least 4 members (excludes halogenated alkanes) is 2. The molecule has 13 heavy (non-hydrogen) atoms. The molecular formula is C10H20O3. The maximum atomic E-state index is 10.9. The fraction of sp³-hybridized carbons (Fsp3) is 0.900. The number of ether oxygens (including phenoxy) is 2. The van der Waals surface area contributed by atoms with E-state index in [9.17, 15) is 4.79 Å². The van der Waals surface area contributed by atoms with Gasteiger partial charge >= 0.3 is 5.97 Å². The molecule has 1 atom stereocenters. The number of esters is 1. The number of hydrogen-bond acceptors (Lipinski definition) is 3. The SMILES string of the molecule is CCCCCOCC(C)C(=O)OC. The van der Waals surface area contributed by atoms with Crippen LogP contribution < -0.4 is 0 Å². The van der Waals surface area contributed by atoms with Crippen molar-refractivity contribution in [2.24, 2.45) is 5.92 Å². The van der Waals surface area contributed by atoms with Crippen LogP contribution in [0.5, 0.6) is 0 Å². The lowest BCUT2D eigenvalue weighted by atomic mass is 10.2. The van der Waals surface area contributed by atoms with E-state index in [0.717, 1.165) is 13.0 Å². The highest BCUT2D eigenvalue weighted by Crippen LogP contribution is 2.00. The summed E-state index contributed by atoms with van der Waals surface area (Å²) in [5.41, 5.74) is 0. The molecule has 0 heterocycles. The van der Waals surface area contributed by atoms with Gasteiger partial charge in [-0.05, 0) is 13.3 Å². The molecule has 0 saturated carbocycles. The van der Waals surface area contributed by atoms with Crippen molar-refractivity contribution in [2.75, 3.05) is 20.3 Å². The molecule has 78 valence electrons. The summed E-state index contributed by atoms with van der Waals surface area (Å²) >= 11 is 0. The van der Waals surface area contributed by atoms with E-state index in [1.807, 2.05) is 6.92 Å². The van der Waals surface area contributed by atoms with Crippen molar-refractivity contribution in [3.8, 4) is 0 Å². The first-order valence-corrected chi connectivity index (χ1v) is 4.88.